The second-order valence-corrected chi connectivity index (χ2v) is 15.3. The number of carbonyl (C=O) groups is 2. The molecule has 0 fully saturated rings. The van der Waals surface area contributed by atoms with E-state index in [0.717, 1.165) is 5.56 Å². The van der Waals surface area contributed by atoms with Crippen LogP contribution < -0.4 is 21.5 Å². The summed E-state index contributed by atoms with van der Waals surface area (Å²) in [5.74, 6) is -1.11. The summed E-state index contributed by atoms with van der Waals surface area (Å²) in [4.78, 5) is 59.7. The van der Waals surface area contributed by atoms with Gasteiger partial charge in [0.15, 0.2) is 0 Å². The molecule has 2 amide bonds. The summed E-state index contributed by atoms with van der Waals surface area (Å²) in [5, 5.41) is 26.7. The molecule has 0 saturated carbocycles. The number of pyridine rings is 2. The second kappa shape index (κ2) is 14.8. The number of halogens is 1. The molecule has 270 valence electrons. The van der Waals surface area contributed by atoms with Gasteiger partial charge in [0.05, 0.1) is 17.9 Å². The van der Waals surface area contributed by atoms with E-state index >= 15 is 0 Å². The minimum atomic E-state index is -0.644. The SMILES string of the molecule is CC(C)(C)c1cc(Br)c(NC(=O)c2c[nH]c3ccccc3c2=O)cc1O.[C-]#[N+]c1cc(C(C)(C)C)c(O)cc1NC(=O)c1c[nH]c2ccccc2c1=O. The molecule has 4 aromatic carbocycles. The van der Waals surface area contributed by atoms with Crippen LogP contribution in [0.15, 0.2) is 99.3 Å². The average molecular weight is 777 g/mol. The zero-order valence-electron chi connectivity index (χ0n) is 29.9. The van der Waals surface area contributed by atoms with Crippen molar-refractivity contribution in [3.8, 4) is 11.5 Å². The minimum absolute atomic E-state index is 0.00925. The number of para-hydroxylation sites is 2. The predicted molar refractivity (Wildman–Crippen MR) is 213 cm³/mol. The van der Waals surface area contributed by atoms with Crippen LogP contribution in [0, 0.1) is 6.57 Å². The molecule has 0 spiro atoms. The first kappa shape index (κ1) is 38.1. The van der Waals surface area contributed by atoms with Crippen molar-refractivity contribution in [2.75, 3.05) is 10.6 Å². The highest BCUT2D eigenvalue weighted by Crippen LogP contribution is 2.39. The number of H-pyrrole nitrogens is 2. The van der Waals surface area contributed by atoms with Crippen LogP contribution in [0.5, 0.6) is 11.5 Å². The molecule has 0 aliphatic rings. The largest absolute Gasteiger partial charge is 0.508 e. The Bertz CT molecular complexity index is 2570. The van der Waals surface area contributed by atoms with Crippen LogP contribution in [0.1, 0.15) is 73.4 Å². The summed E-state index contributed by atoms with van der Waals surface area (Å²) in [6.07, 6.45) is 2.75. The first-order valence-electron chi connectivity index (χ1n) is 16.5. The fraction of sp³-hybridized carbons (Fsp3) is 0.195. The van der Waals surface area contributed by atoms with Gasteiger partial charge < -0.3 is 30.8 Å². The number of nitrogens with zero attached hydrogens (tertiary/aromatic N) is 1. The van der Waals surface area contributed by atoms with E-state index < -0.39 is 17.2 Å². The van der Waals surface area contributed by atoms with E-state index in [4.69, 9.17) is 6.57 Å². The lowest BCUT2D eigenvalue weighted by molar-refractivity contribution is 0.101. The van der Waals surface area contributed by atoms with E-state index in [-0.39, 0.29) is 50.3 Å². The molecule has 11 nitrogen and oxygen atoms in total. The van der Waals surface area contributed by atoms with Gasteiger partial charge in [-0.2, -0.15) is 0 Å². The number of aromatic nitrogens is 2. The molecule has 12 heteroatoms. The third-order valence-corrected chi connectivity index (χ3v) is 9.15. The van der Waals surface area contributed by atoms with Gasteiger partial charge in [0.25, 0.3) is 11.8 Å². The van der Waals surface area contributed by atoms with E-state index in [0.29, 0.717) is 37.5 Å². The minimum Gasteiger partial charge on any atom is -0.508 e. The van der Waals surface area contributed by atoms with Crippen molar-refractivity contribution in [3.05, 3.63) is 144 Å². The highest BCUT2D eigenvalue weighted by molar-refractivity contribution is 9.10. The summed E-state index contributed by atoms with van der Waals surface area (Å²) in [7, 11) is 0. The first-order valence-corrected chi connectivity index (χ1v) is 17.3. The standard InChI is InChI=1S/C21H19N3O3.C20H19BrN2O3/c1-21(2,3)14-9-16(22-4)17(10-18(14)25)24-20(27)13-11-23-15-8-6-5-7-12(15)19(13)26;1-20(2,3)13-8-14(21)16(9-17(13)24)23-19(26)12-10-22-15-7-5-4-6-11(15)18(12)25/h5-11,25H,1-3H3,(H,23,26)(H,24,27);4-10,24H,1-3H3,(H,22,25)(H,23,26). The third kappa shape index (κ3) is 8.16. The van der Waals surface area contributed by atoms with Crippen molar-refractivity contribution < 1.29 is 19.8 Å². The van der Waals surface area contributed by atoms with Crippen LogP contribution in [0.25, 0.3) is 26.7 Å². The van der Waals surface area contributed by atoms with E-state index in [9.17, 15) is 29.4 Å². The molecule has 0 atom stereocenters. The van der Waals surface area contributed by atoms with Gasteiger partial charge in [-0.05, 0) is 74.8 Å². The Morgan fingerprint density at radius 2 is 1.09 bits per heavy atom. The van der Waals surface area contributed by atoms with E-state index in [1.807, 2.05) is 47.6 Å². The number of benzene rings is 4. The predicted octanol–water partition coefficient (Wildman–Crippen LogP) is 8.88. The maximum atomic E-state index is 12.6. The van der Waals surface area contributed by atoms with Crippen molar-refractivity contribution in [3.63, 3.8) is 0 Å². The molecule has 6 aromatic rings. The van der Waals surface area contributed by atoms with Crippen molar-refractivity contribution in [2.24, 2.45) is 0 Å². The monoisotopic (exact) mass is 775 g/mol. The Balaban J connectivity index is 0.000000204. The number of hydrogen-bond acceptors (Lipinski definition) is 6. The Morgan fingerprint density at radius 1 is 0.679 bits per heavy atom. The zero-order chi connectivity index (χ0) is 38.8. The van der Waals surface area contributed by atoms with Gasteiger partial charge in [-0.25, -0.2) is 4.85 Å². The highest BCUT2D eigenvalue weighted by Gasteiger charge is 2.23. The van der Waals surface area contributed by atoms with E-state index in [2.05, 4.69) is 41.4 Å². The number of aromatic amines is 2. The number of carbonyl (C=O) groups excluding carboxylic acids is 2. The van der Waals surface area contributed by atoms with Gasteiger partial charge in [0, 0.05) is 50.3 Å². The first-order chi connectivity index (χ1) is 24.9. The van der Waals surface area contributed by atoms with Crippen LogP contribution in [0.3, 0.4) is 0 Å². The fourth-order valence-electron chi connectivity index (χ4n) is 5.68. The molecule has 6 rings (SSSR count). The molecule has 0 aliphatic carbocycles. The Labute approximate surface area is 313 Å². The highest BCUT2D eigenvalue weighted by atomic mass is 79.9. The summed E-state index contributed by atoms with van der Waals surface area (Å²) in [6.45, 7) is 19.1. The molecular weight excluding hydrogens is 738 g/mol. The van der Waals surface area contributed by atoms with Crippen LogP contribution in [-0.2, 0) is 10.8 Å². The second-order valence-electron chi connectivity index (χ2n) is 14.4. The third-order valence-electron chi connectivity index (χ3n) is 8.50. The molecule has 0 saturated heterocycles. The smallest absolute Gasteiger partial charge is 0.261 e. The van der Waals surface area contributed by atoms with Gasteiger partial charge in [-0.3, -0.25) is 19.2 Å². The van der Waals surface area contributed by atoms with Crippen molar-refractivity contribution >= 4 is 66.6 Å². The Hall–Kier alpha value is -6.19. The number of fused-ring (bicyclic) bond motifs is 2. The number of nitrogens with one attached hydrogen (secondary N) is 4. The molecule has 6 N–H and O–H groups in total. The Kier molecular flexibility index (Phi) is 10.6. The molecule has 2 aromatic heterocycles. The Morgan fingerprint density at radius 3 is 1.55 bits per heavy atom. The number of aromatic hydroxyl groups is 2. The summed E-state index contributed by atoms with van der Waals surface area (Å²) in [6, 6.07) is 20.1. The fourth-order valence-corrected chi connectivity index (χ4v) is 6.12. The summed E-state index contributed by atoms with van der Waals surface area (Å²) in [5.41, 5.74) is 2.01. The van der Waals surface area contributed by atoms with Crippen molar-refractivity contribution in [1.82, 2.24) is 9.97 Å². The van der Waals surface area contributed by atoms with Crippen LogP contribution in [0.2, 0.25) is 0 Å². The van der Waals surface area contributed by atoms with Crippen LogP contribution in [-0.4, -0.2) is 32.0 Å². The van der Waals surface area contributed by atoms with E-state index in [1.165, 1.54) is 24.5 Å². The lowest BCUT2D eigenvalue weighted by Crippen LogP contribution is -2.22. The normalized spacial score (nSPS) is 11.4. The zero-order valence-corrected chi connectivity index (χ0v) is 31.5. The lowest BCUT2D eigenvalue weighted by Gasteiger charge is -2.22. The number of phenolic OH excluding ortho intramolecular Hbond substituents is 2. The topological polar surface area (TPSA) is 169 Å². The van der Waals surface area contributed by atoms with E-state index in [1.54, 1.807) is 54.6 Å². The van der Waals surface area contributed by atoms with Crippen molar-refractivity contribution in [1.29, 1.82) is 0 Å². The molecule has 53 heavy (non-hydrogen) atoms. The molecule has 0 radical (unpaired) electrons. The number of amides is 2. The van der Waals surface area contributed by atoms with Gasteiger partial charge in [0.2, 0.25) is 16.5 Å². The molecule has 0 bridgehead atoms. The van der Waals surface area contributed by atoms with Gasteiger partial charge in [0.1, 0.15) is 22.6 Å². The maximum absolute atomic E-state index is 12.6. The maximum Gasteiger partial charge on any atom is 0.261 e. The van der Waals surface area contributed by atoms with Crippen LogP contribution >= 0.6 is 15.9 Å². The number of hydrogen-bond donors (Lipinski definition) is 6. The number of rotatable bonds is 4. The summed E-state index contributed by atoms with van der Waals surface area (Å²) >= 11 is 3.42. The van der Waals surface area contributed by atoms with Crippen LogP contribution in [0.4, 0.5) is 17.1 Å². The average Bonchev–Trinajstić information content (AvgIpc) is 3.09. The summed E-state index contributed by atoms with van der Waals surface area (Å²) < 4.78 is 0.630. The molecule has 2 heterocycles. The lowest BCUT2D eigenvalue weighted by atomic mass is 9.86. The molecular formula is C41H38BrN5O6. The van der Waals surface area contributed by atoms with Gasteiger partial charge in [-0.15, -0.1) is 0 Å². The number of anilines is 2. The molecule has 0 aliphatic heterocycles. The quantitative estimate of drug-likeness (QED) is 0.0978. The van der Waals surface area contributed by atoms with Crippen molar-refractivity contribution in [2.45, 2.75) is 52.4 Å². The van der Waals surface area contributed by atoms with Gasteiger partial charge in [-0.1, -0.05) is 65.8 Å². The number of phenols is 2. The van der Waals surface area contributed by atoms with Gasteiger partial charge >= 0.3 is 0 Å². The molecule has 0 unspecified atom stereocenters.